The Kier molecular flexibility index (Phi) is 5.37. The van der Waals surface area contributed by atoms with Crippen molar-refractivity contribution in [3.63, 3.8) is 0 Å². The van der Waals surface area contributed by atoms with Gasteiger partial charge in [-0.25, -0.2) is 0 Å². The summed E-state index contributed by atoms with van der Waals surface area (Å²) < 4.78 is 0. The number of hydrogen-bond acceptors (Lipinski definition) is 3. The molecular formula is C16H26N2O. The fourth-order valence-corrected chi connectivity index (χ4v) is 2.64. The third-order valence-corrected chi connectivity index (χ3v) is 4.05. The van der Waals surface area contributed by atoms with Crippen LogP contribution in [0.5, 0.6) is 0 Å². The van der Waals surface area contributed by atoms with E-state index in [0.29, 0.717) is 6.04 Å². The van der Waals surface area contributed by atoms with Gasteiger partial charge in [-0.15, -0.1) is 0 Å². The fourth-order valence-electron chi connectivity index (χ4n) is 2.64. The highest BCUT2D eigenvalue weighted by molar-refractivity contribution is 5.22. The molecule has 0 amide bonds. The van der Waals surface area contributed by atoms with Crippen molar-refractivity contribution in [1.82, 2.24) is 4.90 Å². The number of benzene rings is 1. The van der Waals surface area contributed by atoms with Crippen molar-refractivity contribution in [3.05, 3.63) is 35.4 Å². The van der Waals surface area contributed by atoms with Crippen molar-refractivity contribution < 1.29 is 5.11 Å². The normalized spacial score (nSPS) is 19.5. The standard InChI is InChI=1S/C16H26N2O/c1-13-4-6-14(7-5-13)16(19)3-2-10-18-11-8-15(17)9-12-18/h4-7,15-16,19H,2-3,8-12,17H2,1H3. The van der Waals surface area contributed by atoms with E-state index in [1.54, 1.807) is 0 Å². The number of nitrogens with zero attached hydrogens (tertiary/aromatic N) is 1. The van der Waals surface area contributed by atoms with Gasteiger partial charge in [0.25, 0.3) is 0 Å². The molecule has 1 aliphatic heterocycles. The second kappa shape index (κ2) is 7.04. The van der Waals surface area contributed by atoms with Gasteiger partial charge in [0.05, 0.1) is 6.10 Å². The van der Waals surface area contributed by atoms with Crippen LogP contribution in [0.4, 0.5) is 0 Å². The van der Waals surface area contributed by atoms with E-state index in [9.17, 15) is 5.11 Å². The van der Waals surface area contributed by atoms with Gasteiger partial charge in [-0.2, -0.15) is 0 Å². The van der Waals surface area contributed by atoms with Crippen LogP contribution in [0.1, 0.15) is 42.9 Å². The first kappa shape index (κ1) is 14.5. The van der Waals surface area contributed by atoms with Crippen molar-refractivity contribution >= 4 is 0 Å². The number of aliphatic hydroxyl groups is 1. The van der Waals surface area contributed by atoms with Crippen LogP contribution in [0.15, 0.2) is 24.3 Å². The Labute approximate surface area is 116 Å². The highest BCUT2D eigenvalue weighted by Gasteiger charge is 2.16. The molecule has 0 saturated carbocycles. The largest absolute Gasteiger partial charge is 0.388 e. The van der Waals surface area contributed by atoms with Crippen LogP contribution in [0, 0.1) is 6.92 Å². The Balaban J connectivity index is 1.69. The summed E-state index contributed by atoms with van der Waals surface area (Å²) in [6.45, 7) is 5.37. The Bertz CT molecular complexity index is 369. The molecule has 1 aliphatic rings. The molecule has 1 fully saturated rings. The fraction of sp³-hybridized carbons (Fsp3) is 0.625. The number of likely N-dealkylation sites (tertiary alicyclic amines) is 1. The Morgan fingerprint density at radius 3 is 2.53 bits per heavy atom. The molecule has 0 aromatic heterocycles. The highest BCUT2D eigenvalue weighted by atomic mass is 16.3. The van der Waals surface area contributed by atoms with Crippen molar-refractivity contribution in [2.75, 3.05) is 19.6 Å². The molecule has 1 saturated heterocycles. The van der Waals surface area contributed by atoms with Crippen LogP contribution in [0.3, 0.4) is 0 Å². The van der Waals surface area contributed by atoms with Crippen molar-refractivity contribution in [1.29, 1.82) is 0 Å². The number of piperidine rings is 1. The molecule has 1 unspecified atom stereocenters. The quantitative estimate of drug-likeness (QED) is 0.855. The number of aliphatic hydroxyl groups excluding tert-OH is 1. The second-order valence-electron chi connectivity index (χ2n) is 5.75. The van der Waals surface area contributed by atoms with Crippen LogP contribution < -0.4 is 5.73 Å². The SMILES string of the molecule is Cc1ccc(C(O)CCCN2CCC(N)CC2)cc1. The first-order valence-electron chi connectivity index (χ1n) is 7.38. The minimum Gasteiger partial charge on any atom is -0.388 e. The third kappa shape index (κ3) is 4.60. The zero-order chi connectivity index (χ0) is 13.7. The third-order valence-electron chi connectivity index (χ3n) is 4.05. The average Bonchev–Trinajstić information content (AvgIpc) is 2.41. The van der Waals surface area contributed by atoms with Crippen LogP contribution in [0.2, 0.25) is 0 Å². The highest BCUT2D eigenvalue weighted by Crippen LogP contribution is 2.19. The summed E-state index contributed by atoms with van der Waals surface area (Å²) in [6, 6.07) is 8.57. The summed E-state index contributed by atoms with van der Waals surface area (Å²) >= 11 is 0. The maximum absolute atomic E-state index is 10.1. The minimum absolute atomic E-state index is 0.326. The van der Waals surface area contributed by atoms with E-state index in [0.717, 1.165) is 50.9 Å². The van der Waals surface area contributed by atoms with Gasteiger partial charge in [0.2, 0.25) is 0 Å². The first-order valence-corrected chi connectivity index (χ1v) is 7.38. The van der Waals surface area contributed by atoms with Gasteiger partial charge in [-0.05, 0) is 57.8 Å². The van der Waals surface area contributed by atoms with Gasteiger partial charge in [-0.3, -0.25) is 0 Å². The maximum atomic E-state index is 10.1. The molecule has 3 nitrogen and oxygen atoms in total. The minimum atomic E-state index is -0.326. The Morgan fingerprint density at radius 2 is 1.89 bits per heavy atom. The molecule has 19 heavy (non-hydrogen) atoms. The molecule has 0 aliphatic carbocycles. The Hall–Kier alpha value is -0.900. The molecular weight excluding hydrogens is 236 g/mol. The van der Waals surface area contributed by atoms with Gasteiger partial charge >= 0.3 is 0 Å². The van der Waals surface area contributed by atoms with E-state index in [1.165, 1.54) is 5.56 Å². The van der Waals surface area contributed by atoms with E-state index < -0.39 is 0 Å². The summed E-state index contributed by atoms with van der Waals surface area (Å²) in [5, 5.41) is 10.1. The smallest absolute Gasteiger partial charge is 0.0790 e. The monoisotopic (exact) mass is 262 g/mol. The van der Waals surface area contributed by atoms with E-state index in [1.807, 2.05) is 12.1 Å². The number of aryl methyl sites for hydroxylation is 1. The van der Waals surface area contributed by atoms with Crippen LogP contribution in [-0.2, 0) is 0 Å². The molecule has 1 atom stereocenters. The summed E-state index contributed by atoms with van der Waals surface area (Å²) in [5.74, 6) is 0. The predicted molar refractivity (Wildman–Crippen MR) is 79.0 cm³/mol. The number of hydrogen-bond donors (Lipinski definition) is 2. The lowest BCUT2D eigenvalue weighted by atomic mass is 10.0. The van der Waals surface area contributed by atoms with Crippen molar-refractivity contribution in [2.24, 2.45) is 5.73 Å². The zero-order valence-electron chi connectivity index (χ0n) is 11.9. The van der Waals surface area contributed by atoms with Gasteiger partial charge in [0.1, 0.15) is 0 Å². The lowest BCUT2D eigenvalue weighted by Crippen LogP contribution is -2.40. The molecule has 106 valence electrons. The van der Waals surface area contributed by atoms with Crippen LogP contribution in [-0.4, -0.2) is 35.7 Å². The molecule has 1 aromatic carbocycles. The summed E-state index contributed by atoms with van der Waals surface area (Å²) in [6.07, 6.45) is 3.78. The molecule has 0 spiro atoms. The molecule has 1 aromatic rings. The molecule has 0 bridgehead atoms. The van der Waals surface area contributed by atoms with E-state index >= 15 is 0 Å². The summed E-state index contributed by atoms with van der Waals surface area (Å²) in [4.78, 5) is 2.46. The van der Waals surface area contributed by atoms with Crippen LogP contribution in [0.25, 0.3) is 0 Å². The number of rotatable bonds is 5. The summed E-state index contributed by atoms with van der Waals surface area (Å²) in [7, 11) is 0. The van der Waals surface area contributed by atoms with Crippen molar-refractivity contribution in [2.45, 2.75) is 44.8 Å². The first-order chi connectivity index (χ1) is 9.15. The van der Waals surface area contributed by atoms with Crippen LogP contribution >= 0.6 is 0 Å². The lowest BCUT2D eigenvalue weighted by molar-refractivity contribution is 0.148. The molecule has 3 N–H and O–H groups in total. The zero-order valence-corrected chi connectivity index (χ0v) is 11.9. The lowest BCUT2D eigenvalue weighted by Gasteiger charge is -2.30. The van der Waals surface area contributed by atoms with Gasteiger partial charge in [0.15, 0.2) is 0 Å². The van der Waals surface area contributed by atoms with E-state index in [2.05, 4.69) is 24.0 Å². The molecule has 2 rings (SSSR count). The number of nitrogens with two attached hydrogens (primary N) is 1. The Morgan fingerprint density at radius 1 is 1.26 bits per heavy atom. The molecule has 1 heterocycles. The second-order valence-corrected chi connectivity index (χ2v) is 5.75. The topological polar surface area (TPSA) is 49.5 Å². The van der Waals surface area contributed by atoms with E-state index in [4.69, 9.17) is 5.73 Å². The predicted octanol–water partition coefficient (Wildman–Crippen LogP) is 2.23. The maximum Gasteiger partial charge on any atom is 0.0790 e. The van der Waals surface area contributed by atoms with E-state index in [-0.39, 0.29) is 6.10 Å². The average molecular weight is 262 g/mol. The van der Waals surface area contributed by atoms with Gasteiger partial charge < -0.3 is 15.7 Å². The molecule has 3 heteroatoms. The van der Waals surface area contributed by atoms with Gasteiger partial charge in [-0.1, -0.05) is 29.8 Å². The van der Waals surface area contributed by atoms with Crippen molar-refractivity contribution in [3.8, 4) is 0 Å². The van der Waals surface area contributed by atoms with Gasteiger partial charge in [0, 0.05) is 6.04 Å². The molecule has 0 radical (unpaired) electrons. The summed E-state index contributed by atoms with van der Waals surface area (Å²) in [5.41, 5.74) is 8.17.